The van der Waals surface area contributed by atoms with Crippen molar-refractivity contribution in [2.24, 2.45) is 0 Å². The molecule has 0 bridgehead atoms. The molecule has 1 aromatic carbocycles. The van der Waals surface area contributed by atoms with Crippen LogP contribution in [0.4, 0.5) is 16.3 Å². The van der Waals surface area contributed by atoms with Gasteiger partial charge < -0.3 is 14.9 Å². The second kappa shape index (κ2) is 10.9. The molecule has 9 heteroatoms. The number of rotatable bonds is 6. The Labute approximate surface area is 192 Å². The quantitative estimate of drug-likeness (QED) is 0.636. The minimum atomic E-state index is -1.10. The highest BCUT2D eigenvalue weighted by atomic mass is 32.2. The van der Waals surface area contributed by atoms with E-state index in [1.165, 1.54) is 11.8 Å². The maximum atomic E-state index is 10.8. The molecule has 3 rings (SSSR count). The zero-order valence-electron chi connectivity index (χ0n) is 18.3. The molecular formula is C23H26N6O2S. The number of hydrogen-bond acceptors (Lipinski definition) is 7. The van der Waals surface area contributed by atoms with Crippen LogP contribution in [0.25, 0.3) is 0 Å². The van der Waals surface area contributed by atoms with Crippen molar-refractivity contribution in [3.05, 3.63) is 46.5 Å². The number of thioether (sulfide) groups is 1. The number of carboxylic acid groups (broad SMARTS) is 1. The normalized spacial score (nSPS) is 14.3. The summed E-state index contributed by atoms with van der Waals surface area (Å²) < 4.78 is 0. The first-order chi connectivity index (χ1) is 15.5. The van der Waals surface area contributed by atoms with E-state index < -0.39 is 6.09 Å². The summed E-state index contributed by atoms with van der Waals surface area (Å²) in [5.41, 5.74) is 3.20. The van der Waals surface area contributed by atoms with Gasteiger partial charge in [-0.25, -0.2) is 9.78 Å². The fourth-order valence-electron chi connectivity index (χ4n) is 3.73. The Kier molecular flexibility index (Phi) is 7.93. The van der Waals surface area contributed by atoms with E-state index in [2.05, 4.69) is 34.3 Å². The number of pyridine rings is 1. The molecule has 2 aromatic rings. The monoisotopic (exact) mass is 450 g/mol. The van der Waals surface area contributed by atoms with Crippen LogP contribution in [-0.4, -0.2) is 54.3 Å². The molecule has 0 radical (unpaired) electrons. The van der Waals surface area contributed by atoms with Crippen molar-refractivity contribution in [2.45, 2.75) is 30.5 Å². The lowest BCUT2D eigenvalue weighted by Gasteiger charge is -2.25. The van der Waals surface area contributed by atoms with Crippen LogP contribution in [0, 0.1) is 22.7 Å². The molecule has 1 aliphatic rings. The lowest BCUT2D eigenvalue weighted by atomic mass is 10.0. The Morgan fingerprint density at radius 2 is 1.88 bits per heavy atom. The second-order valence-corrected chi connectivity index (χ2v) is 8.57. The molecule has 2 heterocycles. The van der Waals surface area contributed by atoms with Crippen LogP contribution in [0.1, 0.15) is 35.6 Å². The third kappa shape index (κ3) is 5.50. The summed E-state index contributed by atoms with van der Waals surface area (Å²) in [5, 5.41) is 31.5. The summed E-state index contributed by atoms with van der Waals surface area (Å²) in [7, 11) is 2.09. The predicted octanol–water partition coefficient (Wildman–Crippen LogP) is 3.91. The Morgan fingerprint density at radius 1 is 1.16 bits per heavy atom. The van der Waals surface area contributed by atoms with Gasteiger partial charge in [0.05, 0.1) is 11.1 Å². The molecule has 1 fully saturated rings. The number of nitrogens with zero attached hydrogens (tertiary/aromatic N) is 5. The predicted molar refractivity (Wildman–Crippen MR) is 125 cm³/mol. The summed E-state index contributed by atoms with van der Waals surface area (Å²) in [4.78, 5) is 20.0. The van der Waals surface area contributed by atoms with Crippen LogP contribution in [0.2, 0.25) is 0 Å². The van der Waals surface area contributed by atoms with Gasteiger partial charge >= 0.3 is 6.09 Å². The zero-order valence-corrected chi connectivity index (χ0v) is 19.1. The van der Waals surface area contributed by atoms with Gasteiger partial charge in [0.2, 0.25) is 0 Å². The van der Waals surface area contributed by atoms with E-state index in [4.69, 9.17) is 10.1 Å². The van der Waals surface area contributed by atoms with Gasteiger partial charge in [0.25, 0.3) is 0 Å². The lowest BCUT2D eigenvalue weighted by Crippen LogP contribution is -2.30. The van der Waals surface area contributed by atoms with Gasteiger partial charge in [-0.3, -0.25) is 5.32 Å². The molecule has 1 aliphatic heterocycles. The second-order valence-electron chi connectivity index (χ2n) is 7.61. The molecule has 8 nitrogen and oxygen atoms in total. The minimum absolute atomic E-state index is 0.467. The fourth-order valence-corrected chi connectivity index (χ4v) is 4.69. The SMILES string of the molecule is CCc1c(C#N)c(SCc2ccc(NC(=O)O)cc2)nc(N2CCCN(C)CC2)c1C#N. The van der Waals surface area contributed by atoms with Gasteiger partial charge in [-0.2, -0.15) is 10.5 Å². The maximum Gasteiger partial charge on any atom is 0.409 e. The number of benzene rings is 1. The summed E-state index contributed by atoms with van der Waals surface area (Å²) in [5.74, 6) is 1.24. The number of nitriles is 2. The number of hydrogen-bond donors (Lipinski definition) is 2. The first-order valence-electron chi connectivity index (χ1n) is 10.5. The zero-order chi connectivity index (χ0) is 23.1. The van der Waals surface area contributed by atoms with Crippen LogP contribution in [0.3, 0.4) is 0 Å². The van der Waals surface area contributed by atoms with E-state index in [1.54, 1.807) is 12.1 Å². The van der Waals surface area contributed by atoms with E-state index in [1.807, 2.05) is 19.1 Å². The molecule has 1 amide bonds. The van der Waals surface area contributed by atoms with Crippen molar-refractivity contribution in [3.63, 3.8) is 0 Å². The number of anilines is 2. The van der Waals surface area contributed by atoms with Gasteiger partial charge in [-0.05, 0) is 49.7 Å². The molecule has 2 N–H and O–H groups in total. The molecule has 1 aromatic heterocycles. The largest absolute Gasteiger partial charge is 0.465 e. The van der Waals surface area contributed by atoms with Gasteiger partial charge in [0.1, 0.15) is 23.0 Å². The van der Waals surface area contributed by atoms with E-state index in [9.17, 15) is 15.3 Å². The highest BCUT2D eigenvalue weighted by molar-refractivity contribution is 7.98. The third-order valence-corrected chi connectivity index (χ3v) is 6.47. The maximum absolute atomic E-state index is 10.8. The van der Waals surface area contributed by atoms with Crippen LogP contribution in [0.15, 0.2) is 29.3 Å². The average Bonchev–Trinajstić information content (AvgIpc) is 3.01. The molecular weight excluding hydrogens is 424 g/mol. The Bertz CT molecular complexity index is 1060. The van der Waals surface area contributed by atoms with Gasteiger partial charge in [0, 0.05) is 31.1 Å². The standard InChI is InChI=1S/C23H26N6O2S/c1-3-18-19(13-24)21(29-10-4-9-28(2)11-12-29)27-22(20(18)14-25)32-15-16-5-7-17(8-6-16)26-23(30)31/h5-8,26H,3-4,9-12,15H2,1-2H3,(H,30,31). The third-order valence-electron chi connectivity index (χ3n) is 5.43. The molecule has 0 spiro atoms. The minimum Gasteiger partial charge on any atom is -0.465 e. The van der Waals surface area contributed by atoms with E-state index in [-0.39, 0.29) is 0 Å². The fraction of sp³-hybridized carbons (Fsp3) is 0.391. The number of nitrogens with one attached hydrogen (secondary N) is 1. The van der Waals surface area contributed by atoms with Crippen LogP contribution >= 0.6 is 11.8 Å². The summed E-state index contributed by atoms with van der Waals surface area (Å²) in [6, 6.07) is 11.7. The highest BCUT2D eigenvalue weighted by Crippen LogP contribution is 2.34. The van der Waals surface area contributed by atoms with E-state index in [0.717, 1.165) is 43.7 Å². The molecule has 166 valence electrons. The molecule has 0 unspecified atom stereocenters. The lowest BCUT2D eigenvalue weighted by molar-refractivity contribution is 0.209. The first kappa shape index (κ1) is 23.4. The van der Waals surface area contributed by atoms with E-state index in [0.29, 0.717) is 39.8 Å². The van der Waals surface area contributed by atoms with Crippen LogP contribution in [-0.2, 0) is 12.2 Å². The Hall–Kier alpha value is -3.27. The molecule has 32 heavy (non-hydrogen) atoms. The Balaban J connectivity index is 1.91. The van der Waals surface area contributed by atoms with Gasteiger partial charge in [-0.1, -0.05) is 19.1 Å². The topological polar surface area (TPSA) is 116 Å². The van der Waals surface area contributed by atoms with Crippen molar-refractivity contribution >= 4 is 29.4 Å². The summed E-state index contributed by atoms with van der Waals surface area (Å²) in [6.45, 7) is 5.47. The van der Waals surface area contributed by atoms with Crippen LogP contribution in [0.5, 0.6) is 0 Å². The number of likely N-dealkylation sites (N-methyl/N-ethyl adjacent to an activating group) is 1. The van der Waals surface area contributed by atoms with Gasteiger partial charge in [-0.15, -0.1) is 11.8 Å². The van der Waals surface area contributed by atoms with Crippen molar-refractivity contribution < 1.29 is 9.90 Å². The Morgan fingerprint density at radius 3 is 2.50 bits per heavy atom. The molecule has 1 saturated heterocycles. The van der Waals surface area contributed by atoms with Crippen molar-refractivity contribution in [1.29, 1.82) is 10.5 Å². The number of aromatic nitrogens is 1. The smallest absolute Gasteiger partial charge is 0.409 e. The average molecular weight is 451 g/mol. The molecule has 0 aliphatic carbocycles. The molecule has 0 atom stereocenters. The number of carbonyl (C=O) groups is 1. The van der Waals surface area contributed by atoms with Crippen molar-refractivity contribution in [1.82, 2.24) is 9.88 Å². The highest BCUT2D eigenvalue weighted by Gasteiger charge is 2.24. The van der Waals surface area contributed by atoms with Crippen LogP contribution < -0.4 is 10.2 Å². The van der Waals surface area contributed by atoms with E-state index >= 15 is 0 Å². The number of amides is 1. The van der Waals surface area contributed by atoms with Crippen molar-refractivity contribution in [2.75, 3.05) is 43.4 Å². The van der Waals surface area contributed by atoms with Crippen molar-refractivity contribution in [3.8, 4) is 12.1 Å². The van der Waals surface area contributed by atoms with Gasteiger partial charge in [0.15, 0.2) is 0 Å². The molecule has 0 saturated carbocycles. The summed E-state index contributed by atoms with van der Waals surface area (Å²) >= 11 is 1.46. The summed E-state index contributed by atoms with van der Waals surface area (Å²) in [6.07, 6.45) is 0.467. The first-order valence-corrected chi connectivity index (χ1v) is 11.5.